The number of thioether (sulfide) groups is 1. The highest BCUT2D eigenvalue weighted by atomic mass is 35.5. The summed E-state index contributed by atoms with van der Waals surface area (Å²) in [5.74, 6) is -0.248. The second-order valence-corrected chi connectivity index (χ2v) is 6.39. The highest BCUT2D eigenvalue weighted by Gasteiger charge is 2.51. The molecule has 3 rings (SSSR count). The molecule has 2 aliphatic rings. The van der Waals surface area contributed by atoms with Crippen molar-refractivity contribution in [2.24, 2.45) is 5.73 Å². The number of aromatic nitrogens is 1. The van der Waals surface area contributed by atoms with Gasteiger partial charge in [0.05, 0.1) is 0 Å². The minimum absolute atomic E-state index is 0.0531. The van der Waals surface area contributed by atoms with Gasteiger partial charge >= 0.3 is 0 Å². The van der Waals surface area contributed by atoms with Crippen molar-refractivity contribution < 1.29 is 9.59 Å². The van der Waals surface area contributed by atoms with Crippen LogP contribution in [-0.4, -0.2) is 37.7 Å². The lowest BCUT2D eigenvalue weighted by Crippen LogP contribution is -2.68. The molecule has 1 aromatic heterocycles. The average molecular weight is 310 g/mol. The molecular formula is C13H12ClN3O2S. The Morgan fingerprint density at radius 1 is 1.55 bits per heavy atom. The molecule has 3 heterocycles. The number of nitrogens with zero attached hydrogens (tertiary/aromatic N) is 2. The van der Waals surface area contributed by atoms with Crippen LogP contribution in [0.15, 0.2) is 36.3 Å². The molecule has 2 N–H and O–H groups in total. The van der Waals surface area contributed by atoms with Crippen molar-refractivity contribution in [3.05, 3.63) is 41.9 Å². The SMILES string of the molecule is NC1C(=O)N2C(C(=O)Cl)=CC(Cc3cccnc3)S[C@H]12. The Morgan fingerprint density at radius 3 is 3.00 bits per heavy atom. The van der Waals surface area contributed by atoms with E-state index in [2.05, 4.69) is 4.98 Å². The number of nitrogens with two attached hydrogens (primary N) is 1. The molecule has 0 bridgehead atoms. The molecule has 5 nitrogen and oxygen atoms in total. The summed E-state index contributed by atoms with van der Waals surface area (Å²) < 4.78 is 0. The number of pyridine rings is 1. The summed E-state index contributed by atoms with van der Waals surface area (Å²) in [6.45, 7) is 0. The largest absolute Gasteiger partial charge is 0.317 e. The van der Waals surface area contributed by atoms with Crippen molar-refractivity contribution in [3.63, 3.8) is 0 Å². The van der Waals surface area contributed by atoms with E-state index in [-0.39, 0.29) is 22.2 Å². The van der Waals surface area contributed by atoms with Crippen LogP contribution in [0.25, 0.3) is 0 Å². The van der Waals surface area contributed by atoms with Crippen LogP contribution in [0.3, 0.4) is 0 Å². The molecule has 1 fully saturated rings. The van der Waals surface area contributed by atoms with Crippen molar-refractivity contribution in [3.8, 4) is 0 Å². The van der Waals surface area contributed by atoms with E-state index < -0.39 is 11.3 Å². The molecular weight excluding hydrogens is 298 g/mol. The molecule has 0 spiro atoms. The van der Waals surface area contributed by atoms with E-state index in [1.54, 1.807) is 30.2 Å². The normalized spacial score (nSPS) is 28.5. The molecule has 1 amide bonds. The first-order valence-corrected chi connectivity index (χ1v) is 7.44. The standard InChI is InChI=1S/C13H12ClN3O2S/c14-11(18)9-5-8(4-7-2-1-3-16-6-7)20-13-10(15)12(19)17(9)13/h1-3,5-6,8,10,13H,4,15H2/t8?,10?,13-/m1/s1. The fourth-order valence-corrected chi connectivity index (χ4v) is 4.01. The minimum atomic E-state index is -0.619. The van der Waals surface area contributed by atoms with E-state index in [4.69, 9.17) is 17.3 Å². The van der Waals surface area contributed by atoms with Crippen LogP contribution in [0.5, 0.6) is 0 Å². The van der Waals surface area contributed by atoms with Gasteiger partial charge in [0.1, 0.15) is 17.1 Å². The van der Waals surface area contributed by atoms with Gasteiger partial charge in [-0.1, -0.05) is 6.07 Å². The highest BCUT2D eigenvalue weighted by Crippen LogP contribution is 2.41. The summed E-state index contributed by atoms with van der Waals surface area (Å²) in [7, 11) is 0. The van der Waals surface area contributed by atoms with E-state index in [1.165, 1.54) is 4.90 Å². The lowest BCUT2D eigenvalue weighted by atomic mass is 10.0. The van der Waals surface area contributed by atoms with Gasteiger partial charge < -0.3 is 5.73 Å². The molecule has 1 aromatic rings. The minimum Gasteiger partial charge on any atom is -0.317 e. The highest BCUT2D eigenvalue weighted by molar-refractivity contribution is 8.00. The Morgan fingerprint density at radius 2 is 2.35 bits per heavy atom. The lowest BCUT2D eigenvalue weighted by Gasteiger charge is -2.48. The van der Waals surface area contributed by atoms with Crippen LogP contribution in [-0.2, 0) is 16.0 Å². The quantitative estimate of drug-likeness (QED) is 0.663. The van der Waals surface area contributed by atoms with Gasteiger partial charge in [-0.05, 0) is 35.7 Å². The van der Waals surface area contributed by atoms with Gasteiger partial charge in [0.15, 0.2) is 0 Å². The maximum atomic E-state index is 11.7. The third-order valence-corrected chi connectivity index (χ3v) is 4.99. The molecule has 0 saturated carbocycles. The number of hydrogen-bond acceptors (Lipinski definition) is 5. The predicted molar refractivity (Wildman–Crippen MR) is 76.9 cm³/mol. The van der Waals surface area contributed by atoms with Gasteiger partial charge in [-0.3, -0.25) is 19.5 Å². The van der Waals surface area contributed by atoms with E-state index in [9.17, 15) is 9.59 Å². The molecule has 2 unspecified atom stereocenters. The first-order chi connectivity index (χ1) is 9.58. The summed E-state index contributed by atoms with van der Waals surface area (Å²) in [6, 6.07) is 3.28. The summed E-state index contributed by atoms with van der Waals surface area (Å²) in [6.07, 6.45) is 5.96. The molecule has 20 heavy (non-hydrogen) atoms. The molecule has 3 atom stereocenters. The third kappa shape index (κ3) is 2.24. The summed E-state index contributed by atoms with van der Waals surface area (Å²) >= 11 is 7.14. The Balaban J connectivity index is 1.84. The van der Waals surface area contributed by atoms with Crippen LogP contribution >= 0.6 is 23.4 Å². The number of carbonyl (C=O) groups is 2. The monoisotopic (exact) mass is 309 g/mol. The lowest BCUT2D eigenvalue weighted by molar-refractivity contribution is -0.142. The fourth-order valence-electron chi connectivity index (χ4n) is 2.38. The molecule has 0 aromatic carbocycles. The van der Waals surface area contributed by atoms with Crippen LogP contribution < -0.4 is 5.73 Å². The zero-order chi connectivity index (χ0) is 14.3. The summed E-state index contributed by atoms with van der Waals surface area (Å²) in [4.78, 5) is 28.6. The van der Waals surface area contributed by atoms with Crippen molar-refractivity contribution >= 4 is 34.5 Å². The molecule has 1 saturated heterocycles. The van der Waals surface area contributed by atoms with Gasteiger partial charge in [0, 0.05) is 17.6 Å². The van der Waals surface area contributed by atoms with Crippen molar-refractivity contribution in [2.75, 3.05) is 0 Å². The van der Waals surface area contributed by atoms with Gasteiger partial charge in [0.2, 0.25) is 5.91 Å². The van der Waals surface area contributed by atoms with Crippen molar-refractivity contribution in [1.29, 1.82) is 0 Å². The van der Waals surface area contributed by atoms with E-state index in [0.717, 1.165) is 12.0 Å². The van der Waals surface area contributed by atoms with Gasteiger partial charge in [-0.25, -0.2) is 0 Å². The molecule has 7 heteroatoms. The van der Waals surface area contributed by atoms with Crippen LogP contribution in [0.4, 0.5) is 0 Å². The van der Waals surface area contributed by atoms with Crippen LogP contribution in [0.1, 0.15) is 5.56 Å². The number of hydrogen-bond donors (Lipinski definition) is 1. The smallest absolute Gasteiger partial charge is 0.268 e. The molecule has 0 radical (unpaired) electrons. The number of halogens is 1. The molecule has 104 valence electrons. The first kappa shape index (κ1) is 13.6. The number of rotatable bonds is 3. The average Bonchev–Trinajstić information content (AvgIpc) is 2.46. The van der Waals surface area contributed by atoms with Crippen molar-refractivity contribution in [2.45, 2.75) is 23.1 Å². The Kier molecular flexibility index (Phi) is 3.54. The topological polar surface area (TPSA) is 76.3 Å². The Labute approximate surface area is 125 Å². The predicted octanol–water partition coefficient (Wildman–Crippen LogP) is 0.884. The zero-order valence-electron chi connectivity index (χ0n) is 10.4. The maximum Gasteiger partial charge on any atom is 0.268 e. The second kappa shape index (κ2) is 5.20. The molecule has 0 aliphatic carbocycles. The summed E-state index contributed by atoms with van der Waals surface area (Å²) in [5.41, 5.74) is 7.10. The Bertz CT molecular complexity index is 593. The van der Waals surface area contributed by atoms with Crippen molar-refractivity contribution in [1.82, 2.24) is 9.88 Å². The summed E-state index contributed by atoms with van der Waals surface area (Å²) in [5, 5.41) is -0.768. The van der Waals surface area contributed by atoms with E-state index in [0.29, 0.717) is 0 Å². The van der Waals surface area contributed by atoms with E-state index in [1.807, 2.05) is 12.1 Å². The maximum absolute atomic E-state index is 11.7. The third-order valence-electron chi connectivity index (χ3n) is 3.36. The number of fused-ring (bicyclic) bond motifs is 1. The molecule has 2 aliphatic heterocycles. The van der Waals surface area contributed by atoms with Crippen LogP contribution in [0.2, 0.25) is 0 Å². The zero-order valence-corrected chi connectivity index (χ0v) is 12.0. The van der Waals surface area contributed by atoms with Crippen LogP contribution in [0, 0.1) is 0 Å². The van der Waals surface area contributed by atoms with Gasteiger partial charge in [-0.2, -0.15) is 0 Å². The number of amides is 1. The van der Waals surface area contributed by atoms with E-state index >= 15 is 0 Å². The Hall–Kier alpha value is -1.37. The number of allylic oxidation sites excluding steroid dienone is 1. The van der Waals surface area contributed by atoms with Gasteiger partial charge in [-0.15, -0.1) is 11.8 Å². The number of β-lactam (4-membered cyclic amide) rings is 1. The fraction of sp³-hybridized carbons (Fsp3) is 0.308. The number of carbonyl (C=O) groups excluding carboxylic acids is 2. The first-order valence-electron chi connectivity index (χ1n) is 6.12. The second-order valence-electron chi connectivity index (χ2n) is 4.69. The van der Waals surface area contributed by atoms with Gasteiger partial charge in [0.25, 0.3) is 5.24 Å².